The zero-order chi connectivity index (χ0) is 23.4. The van der Waals surface area contributed by atoms with Gasteiger partial charge < -0.3 is 10.1 Å². The third kappa shape index (κ3) is 4.91. The average Bonchev–Trinajstić information content (AvgIpc) is 3.10. The van der Waals surface area contributed by atoms with Crippen LogP contribution in [0.15, 0.2) is 29.3 Å². The van der Waals surface area contributed by atoms with E-state index in [0.717, 1.165) is 36.1 Å². The molecule has 0 radical (unpaired) electrons. The van der Waals surface area contributed by atoms with Crippen LogP contribution in [0.1, 0.15) is 65.5 Å². The number of rotatable bonds is 8. The maximum atomic E-state index is 13.1. The molecule has 0 unspecified atom stereocenters. The Balaban J connectivity index is 1.87. The molecule has 0 fully saturated rings. The Morgan fingerprint density at radius 1 is 1.22 bits per heavy atom. The predicted molar refractivity (Wildman–Crippen MR) is 128 cm³/mol. The first kappa shape index (κ1) is 23.7. The van der Waals surface area contributed by atoms with Crippen molar-refractivity contribution in [3.8, 4) is 0 Å². The Kier molecular flexibility index (Phi) is 7.45. The van der Waals surface area contributed by atoms with Gasteiger partial charge in [0.05, 0.1) is 23.2 Å². The van der Waals surface area contributed by atoms with Gasteiger partial charge in [0.15, 0.2) is 0 Å². The van der Waals surface area contributed by atoms with Crippen LogP contribution < -0.4 is 10.9 Å². The van der Waals surface area contributed by atoms with Crippen LogP contribution in [0, 0.1) is 20.8 Å². The van der Waals surface area contributed by atoms with Crippen molar-refractivity contribution in [1.82, 2.24) is 9.55 Å². The molecule has 3 rings (SSSR count). The first-order valence-corrected chi connectivity index (χ1v) is 11.6. The number of anilines is 1. The molecule has 1 atom stereocenters. The number of amides is 1. The fourth-order valence-electron chi connectivity index (χ4n) is 3.52. The number of ether oxygens (including phenoxy) is 1. The van der Waals surface area contributed by atoms with E-state index < -0.39 is 12.0 Å². The number of hydrogen-bond donors (Lipinski definition) is 1. The second-order valence-corrected chi connectivity index (χ2v) is 9.02. The molecule has 3 aromatic rings. The summed E-state index contributed by atoms with van der Waals surface area (Å²) in [6, 6.07) is 5.00. The van der Waals surface area contributed by atoms with Crippen molar-refractivity contribution in [2.24, 2.45) is 0 Å². The molecule has 32 heavy (non-hydrogen) atoms. The smallest absolute Gasteiger partial charge is 0.328 e. The minimum Gasteiger partial charge on any atom is -0.464 e. The van der Waals surface area contributed by atoms with E-state index >= 15 is 0 Å². The minimum absolute atomic E-state index is 0.285. The van der Waals surface area contributed by atoms with E-state index in [1.165, 1.54) is 22.2 Å². The lowest BCUT2D eigenvalue weighted by molar-refractivity contribution is -0.147. The second kappa shape index (κ2) is 10.1. The highest BCUT2D eigenvalue weighted by Crippen LogP contribution is 2.28. The van der Waals surface area contributed by atoms with Crippen molar-refractivity contribution in [2.45, 2.75) is 59.9 Å². The van der Waals surface area contributed by atoms with Gasteiger partial charge in [-0.15, -0.1) is 11.3 Å². The number of carbonyl (C=O) groups is 2. The summed E-state index contributed by atoms with van der Waals surface area (Å²) in [5, 5.41) is 3.28. The molecular formula is C24H29N3O4S. The van der Waals surface area contributed by atoms with Crippen LogP contribution in [0.2, 0.25) is 0 Å². The summed E-state index contributed by atoms with van der Waals surface area (Å²) in [6.45, 7) is 9.69. The summed E-state index contributed by atoms with van der Waals surface area (Å²) < 4.78 is 6.57. The van der Waals surface area contributed by atoms with Crippen LogP contribution in [0.5, 0.6) is 0 Å². The number of esters is 1. The number of carbonyl (C=O) groups excluding carboxylic acids is 2. The van der Waals surface area contributed by atoms with E-state index in [0.29, 0.717) is 27.3 Å². The SMILES string of the molecule is CCCCCOC(=O)[C@@H](C)n1cnc2sc(C(=O)Nc3ccc(C)cc3C)c(C)c2c1=O. The maximum Gasteiger partial charge on any atom is 0.328 e. The highest BCUT2D eigenvalue weighted by atomic mass is 32.1. The number of benzene rings is 1. The summed E-state index contributed by atoms with van der Waals surface area (Å²) in [7, 11) is 0. The van der Waals surface area contributed by atoms with Gasteiger partial charge in [-0.05, 0) is 51.3 Å². The van der Waals surface area contributed by atoms with Crippen LogP contribution in [0.3, 0.4) is 0 Å². The molecule has 0 saturated carbocycles. The van der Waals surface area contributed by atoms with E-state index in [9.17, 15) is 14.4 Å². The van der Waals surface area contributed by atoms with Gasteiger partial charge in [-0.2, -0.15) is 0 Å². The molecule has 0 aliphatic heterocycles. The van der Waals surface area contributed by atoms with Gasteiger partial charge in [0, 0.05) is 5.69 Å². The maximum absolute atomic E-state index is 13.1. The van der Waals surface area contributed by atoms with Gasteiger partial charge in [0.1, 0.15) is 10.9 Å². The normalized spacial score (nSPS) is 12.0. The summed E-state index contributed by atoms with van der Waals surface area (Å²) in [4.78, 5) is 43.7. The third-order valence-electron chi connectivity index (χ3n) is 5.46. The lowest BCUT2D eigenvalue weighted by Gasteiger charge is -2.14. The molecule has 8 heteroatoms. The molecule has 7 nitrogen and oxygen atoms in total. The van der Waals surface area contributed by atoms with Crippen LogP contribution in [-0.2, 0) is 9.53 Å². The largest absolute Gasteiger partial charge is 0.464 e. The highest BCUT2D eigenvalue weighted by molar-refractivity contribution is 7.20. The number of aromatic nitrogens is 2. The Hall–Kier alpha value is -3.00. The summed E-state index contributed by atoms with van der Waals surface area (Å²) in [5.41, 5.74) is 3.00. The number of fused-ring (bicyclic) bond motifs is 1. The number of nitrogens with one attached hydrogen (secondary N) is 1. The summed E-state index contributed by atoms with van der Waals surface area (Å²) in [6.07, 6.45) is 4.16. The first-order chi connectivity index (χ1) is 15.2. The first-order valence-electron chi connectivity index (χ1n) is 10.8. The van der Waals surface area contributed by atoms with Crippen LogP contribution in [0.4, 0.5) is 5.69 Å². The Bertz CT molecular complexity index is 1210. The molecule has 0 saturated heterocycles. The standard InChI is InChI=1S/C24H29N3O4S/c1-6-7-8-11-31-24(30)17(5)27-13-25-22-19(23(27)29)16(4)20(32-22)21(28)26-18-10-9-14(2)12-15(18)3/h9-10,12-13,17H,6-8,11H2,1-5H3,(H,26,28)/t17-/m1/s1. The van der Waals surface area contributed by atoms with Crippen LogP contribution in [-0.4, -0.2) is 28.0 Å². The molecule has 1 amide bonds. The van der Waals surface area contributed by atoms with E-state index in [4.69, 9.17) is 4.74 Å². The number of aryl methyl sites for hydroxylation is 3. The van der Waals surface area contributed by atoms with Gasteiger partial charge in [-0.25, -0.2) is 9.78 Å². The zero-order valence-corrected chi connectivity index (χ0v) is 20.0. The monoisotopic (exact) mass is 455 g/mol. The quantitative estimate of drug-likeness (QED) is 0.384. The number of unbranched alkanes of at least 4 members (excludes halogenated alkanes) is 2. The average molecular weight is 456 g/mol. The molecule has 0 aliphatic carbocycles. The zero-order valence-electron chi connectivity index (χ0n) is 19.2. The number of thiophene rings is 1. The van der Waals surface area contributed by atoms with Gasteiger partial charge in [-0.3, -0.25) is 14.2 Å². The fraction of sp³-hybridized carbons (Fsp3) is 0.417. The molecule has 0 aliphatic rings. The lowest BCUT2D eigenvalue weighted by Crippen LogP contribution is -2.29. The minimum atomic E-state index is -0.798. The van der Waals surface area contributed by atoms with Crippen LogP contribution in [0.25, 0.3) is 10.2 Å². The Morgan fingerprint density at radius 3 is 2.66 bits per heavy atom. The Labute approximate surface area is 191 Å². The van der Waals surface area contributed by atoms with Crippen LogP contribution >= 0.6 is 11.3 Å². The van der Waals surface area contributed by atoms with E-state index in [1.807, 2.05) is 32.0 Å². The molecule has 2 aromatic heterocycles. The molecule has 1 aromatic carbocycles. The van der Waals surface area contributed by atoms with Crippen molar-refractivity contribution in [3.05, 3.63) is 56.4 Å². The third-order valence-corrected chi connectivity index (χ3v) is 6.66. The van der Waals surface area contributed by atoms with E-state index in [2.05, 4.69) is 17.2 Å². The van der Waals surface area contributed by atoms with E-state index in [1.54, 1.807) is 13.8 Å². The van der Waals surface area contributed by atoms with Crippen molar-refractivity contribution in [1.29, 1.82) is 0 Å². The Morgan fingerprint density at radius 2 is 1.97 bits per heavy atom. The highest BCUT2D eigenvalue weighted by Gasteiger charge is 2.23. The lowest BCUT2D eigenvalue weighted by atomic mass is 10.1. The second-order valence-electron chi connectivity index (χ2n) is 8.02. The predicted octanol–water partition coefficient (Wildman–Crippen LogP) is 4.93. The van der Waals surface area contributed by atoms with Gasteiger partial charge in [0.25, 0.3) is 11.5 Å². The fourth-order valence-corrected chi connectivity index (χ4v) is 4.56. The van der Waals surface area contributed by atoms with Crippen molar-refractivity contribution in [3.63, 3.8) is 0 Å². The topological polar surface area (TPSA) is 90.3 Å². The van der Waals surface area contributed by atoms with E-state index in [-0.39, 0.29) is 11.5 Å². The molecule has 1 N–H and O–H groups in total. The molecule has 2 heterocycles. The van der Waals surface area contributed by atoms with Gasteiger partial charge in [0.2, 0.25) is 0 Å². The molecular weight excluding hydrogens is 426 g/mol. The summed E-state index contributed by atoms with van der Waals surface area (Å²) in [5.74, 6) is -0.753. The van der Waals surface area contributed by atoms with Crippen molar-refractivity contribution < 1.29 is 14.3 Å². The van der Waals surface area contributed by atoms with Gasteiger partial charge >= 0.3 is 5.97 Å². The number of nitrogens with zero attached hydrogens (tertiary/aromatic N) is 2. The summed E-state index contributed by atoms with van der Waals surface area (Å²) >= 11 is 1.17. The number of hydrogen-bond acceptors (Lipinski definition) is 6. The molecule has 170 valence electrons. The van der Waals surface area contributed by atoms with Crippen molar-refractivity contribution >= 4 is 39.1 Å². The molecule has 0 spiro atoms. The van der Waals surface area contributed by atoms with Gasteiger partial charge in [-0.1, -0.05) is 37.5 Å². The van der Waals surface area contributed by atoms with Crippen molar-refractivity contribution in [2.75, 3.05) is 11.9 Å². The molecule has 0 bridgehead atoms.